The van der Waals surface area contributed by atoms with Gasteiger partial charge in [-0.25, -0.2) is 0 Å². The van der Waals surface area contributed by atoms with Gasteiger partial charge in [0.25, 0.3) is 5.91 Å². The van der Waals surface area contributed by atoms with Gasteiger partial charge in [0.05, 0.1) is 11.5 Å². The van der Waals surface area contributed by atoms with E-state index in [2.05, 4.69) is 5.32 Å². The quantitative estimate of drug-likeness (QED) is 0.795. The Morgan fingerprint density at radius 2 is 1.88 bits per heavy atom. The number of hydrogen-bond acceptors (Lipinski definition) is 3. The summed E-state index contributed by atoms with van der Waals surface area (Å²) in [6.07, 6.45) is 0.272. The second kappa shape index (κ2) is 4.79. The molecule has 1 aromatic carbocycles. The monoisotopic (exact) mass is 220 g/mol. The van der Waals surface area contributed by atoms with Gasteiger partial charge in [-0.15, -0.1) is 0 Å². The number of nitrogens with one attached hydrogen (secondary N) is 1. The summed E-state index contributed by atoms with van der Waals surface area (Å²) >= 11 is 0. The zero-order chi connectivity index (χ0) is 12.2. The van der Waals surface area contributed by atoms with Crippen LogP contribution >= 0.6 is 0 Å². The van der Waals surface area contributed by atoms with Crippen LogP contribution in [0.3, 0.4) is 0 Å². The molecule has 0 saturated carbocycles. The fraction of sp³-hybridized carbons (Fsp3) is 0.333. The van der Waals surface area contributed by atoms with Crippen molar-refractivity contribution >= 4 is 11.9 Å². The van der Waals surface area contributed by atoms with Crippen molar-refractivity contribution in [3.8, 4) is 0 Å². The van der Waals surface area contributed by atoms with Crippen molar-refractivity contribution in [3.63, 3.8) is 0 Å². The molecule has 0 saturated heterocycles. The highest BCUT2D eigenvalue weighted by atomic mass is 16.4. The highest BCUT2D eigenvalue weighted by Gasteiger charge is 2.26. The smallest absolute Gasteiger partial charge is 0.252 e. The van der Waals surface area contributed by atoms with Crippen LogP contribution in [-0.2, 0) is 4.79 Å². The first-order chi connectivity index (χ1) is 7.49. The van der Waals surface area contributed by atoms with E-state index in [1.54, 1.807) is 37.3 Å². The van der Waals surface area contributed by atoms with E-state index < -0.39 is 17.4 Å². The van der Waals surface area contributed by atoms with Crippen molar-refractivity contribution in [1.29, 1.82) is 0 Å². The van der Waals surface area contributed by atoms with Gasteiger partial charge in [-0.3, -0.25) is 4.79 Å². The van der Waals surface area contributed by atoms with E-state index in [9.17, 15) is 14.7 Å². The van der Waals surface area contributed by atoms with E-state index >= 15 is 0 Å². The van der Waals surface area contributed by atoms with Gasteiger partial charge in [0.1, 0.15) is 0 Å². The highest BCUT2D eigenvalue weighted by molar-refractivity contribution is 5.97. The summed E-state index contributed by atoms with van der Waals surface area (Å²) < 4.78 is 0. The lowest BCUT2D eigenvalue weighted by Gasteiger charge is -2.30. The van der Waals surface area contributed by atoms with Crippen molar-refractivity contribution in [2.45, 2.75) is 25.8 Å². The minimum atomic E-state index is -1.33. The van der Waals surface area contributed by atoms with Crippen molar-refractivity contribution < 1.29 is 14.7 Å². The third-order valence-corrected chi connectivity index (χ3v) is 2.58. The molecule has 1 amide bonds. The summed E-state index contributed by atoms with van der Waals surface area (Å²) in [5, 5.41) is 13.4. The fourth-order valence-corrected chi connectivity index (χ4v) is 1.20. The molecule has 0 radical (unpaired) electrons. The summed E-state index contributed by atoms with van der Waals surface area (Å²) in [7, 11) is 0. The molecule has 0 fully saturated rings. The molecular formula is C12H14NO3-. The maximum absolute atomic E-state index is 11.7. The van der Waals surface area contributed by atoms with E-state index in [4.69, 9.17) is 0 Å². The van der Waals surface area contributed by atoms with Gasteiger partial charge in [0.15, 0.2) is 0 Å². The normalized spacial score (nSPS) is 13.9. The molecule has 1 aromatic rings. The van der Waals surface area contributed by atoms with Crippen LogP contribution in [0.5, 0.6) is 0 Å². The lowest BCUT2D eigenvalue weighted by atomic mass is 9.98. The summed E-state index contributed by atoms with van der Waals surface area (Å²) in [5.74, 6) is -1.69. The molecule has 0 aliphatic heterocycles. The standard InChI is InChI=1S/C12H15NO3/c1-3-12(2,11(15)16)13-10(14)9-7-5-4-6-8-9/h4-8H,3H2,1-2H3,(H,13,14)(H,15,16)/p-1/t12-/m0/s1. The number of carbonyl (C=O) groups excluding carboxylic acids is 2. The molecule has 0 aliphatic carbocycles. The third-order valence-electron chi connectivity index (χ3n) is 2.58. The summed E-state index contributed by atoms with van der Waals surface area (Å²) in [5.41, 5.74) is -0.893. The Morgan fingerprint density at radius 1 is 1.31 bits per heavy atom. The van der Waals surface area contributed by atoms with E-state index in [0.717, 1.165) is 0 Å². The molecule has 0 unspecified atom stereocenters. The Kier molecular flexibility index (Phi) is 3.66. The van der Waals surface area contributed by atoms with Crippen molar-refractivity contribution in [2.75, 3.05) is 0 Å². The van der Waals surface area contributed by atoms with Gasteiger partial charge >= 0.3 is 0 Å². The molecule has 4 heteroatoms. The van der Waals surface area contributed by atoms with E-state index in [1.165, 1.54) is 6.92 Å². The van der Waals surface area contributed by atoms with Crippen LogP contribution in [0.25, 0.3) is 0 Å². The predicted molar refractivity (Wildman–Crippen MR) is 57.6 cm³/mol. The average Bonchev–Trinajstić information content (AvgIpc) is 2.29. The topological polar surface area (TPSA) is 69.2 Å². The van der Waals surface area contributed by atoms with Crippen LogP contribution in [0.4, 0.5) is 0 Å². The van der Waals surface area contributed by atoms with E-state index in [0.29, 0.717) is 5.56 Å². The SMILES string of the molecule is CC[C@](C)(NC(=O)c1ccccc1)C(=O)[O-]. The minimum Gasteiger partial charge on any atom is -0.548 e. The van der Waals surface area contributed by atoms with E-state index in [1.807, 2.05) is 0 Å². The first-order valence-electron chi connectivity index (χ1n) is 5.08. The summed E-state index contributed by atoms with van der Waals surface area (Å²) in [6.45, 7) is 3.12. The Bertz CT molecular complexity index is 389. The molecule has 0 aromatic heterocycles. The Morgan fingerprint density at radius 3 is 2.31 bits per heavy atom. The second-order valence-electron chi connectivity index (χ2n) is 3.79. The Hall–Kier alpha value is -1.84. The Labute approximate surface area is 94.3 Å². The number of rotatable bonds is 4. The first-order valence-corrected chi connectivity index (χ1v) is 5.08. The van der Waals surface area contributed by atoms with Crippen LogP contribution in [0.1, 0.15) is 30.6 Å². The van der Waals surface area contributed by atoms with Gasteiger partial charge in [0.2, 0.25) is 0 Å². The number of carboxylic acid groups (broad SMARTS) is 1. The molecule has 0 spiro atoms. The maximum Gasteiger partial charge on any atom is 0.252 e. The molecule has 1 N–H and O–H groups in total. The third kappa shape index (κ3) is 2.59. The molecule has 1 atom stereocenters. The number of aliphatic carboxylic acids is 1. The van der Waals surface area contributed by atoms with Crippen LogP contribution in [0.2, 0.25) is 0 Å². The van der Waals surface area contributed by atoms with Crippen LogP contribution in [-0.4, -0.2) is 17.4 Å². The molecule has 86 valence electrons. The molecular weight excluding hydrogens is 206 g/mol. The molecule has 16 heavy (non-hydrogen) atoms. The number of hydrogen-bond donors (Lipinski definition) is 1. The van der Waals surface area contributed by atoms with Crippen molar-refractivity contribution in [3.05, 3.63) is 35.9 Å². The summed E-state index contributed by atoms with van der Waals surface area (Å²) in [6, 6.07) is 8.48. The van der Waals surface area contributed by atoms with Gasteiger partial charge in [0, 0.05) is 5.56 Å². The number of carbonyl (C=O) groups is 2. The van der Waals surface area contributed by atoms with Crippen LogP contribution in [0.15, 0.2) is 30.3 Å². The van der Waals surface area contributed by atoms with E-state index in [-0.39, 0.29) is 6.42 Å². The maximum atomic E-state index is 11.7. The van der Waals surface area contributed by atoms with Gasteiger partial charge in [-0.2, -0.15) is 0 Å². The minimum absolute atomic E-state index is 0.272. The number of carboxylic acids is 1. The molecule has 1 rings (SSSR count). The van der Waals surface area contributed by atoms with Gasteiger partial charge in [-0.1, -0.05) is 25.1 Å². The Balaban J connectivity index is 2.82. The fourth-order valence-electron chi connectivity index (χ4n) is 1.20. The largest absolute Gasteiger partial charge is 0.548 e. The predicted octanol–water partition coefficient (Wildman–Crippen LogP) is 0.335. The van der Waals surface area contributed by atoms with Crippen LogP contribution in [0, 0.1) is 0 Å². The molecule has 0 bridgehead atoms. The zero-order valence-corrected chi connectivity index (χ0v) is 9.32. The number of amides is 1. The lowest BCUT2D eigenvalue weighted by molar-refractivity contribution is -0.313. The second-order valence-corrected chi connectivity index (χ2v) is 3.79. The molecule has 0 heterocycles. The van der Waals surface area contributed by atoms with Crippen molar-refractivity contribution in [1.82, 2.24) is 5.32 Å². The summed E-state index contributed by atoms with van der Waals surface area (Å²) in [4.78, 5) is 22.6. The molecule has 0 aliphatic rings. The molecule has 4 nitrogen and oxygen atoms in total. The van der Waals surface area contributed by atoms with Crippen LogP contribution < -0.4 is 10.4 Å². The first kappa shape index (κ1) is 12.2. The highest BCUT2D eigenvalue weighted by Crippen LogP contribution is 2.09. The lowest BCUT2D eigenvalue weighted by Crippen LogP contribution is -2.57. The van der Waals surface area contributed by atoms with Crippen molar-refractivity contribution in [2.24, 2.45) is 0 Å². The zero-order valence-electron chi connectivity index (χ0n) is 9.32. The van der Waals surface area contributed by atoms with Gasteiger partial charge < -0.3 is 15.2 Å². The van der Waals surface area contributed by atoms with Gasteiger partial charge in [-0.05, 0) is 25.5 Å². The number of benzene rings is 1. The average molecular weight is 220 g/mol.